The van der Waals surface area contributed by atoms with Gasteiger partial charge in [-0.05, 0) is 24.0 Å². The molecule has 0 saturated heterocycles. The van der Waals surface area contributed by atoms with Gasteiger partial charge in [-0.25, -0.2) is 8.42 Å². The molecule has 0 fully saturated rings. The first-order valence-corrected chi connectivity index (χ1v) is 14.2. The molecule has 0 radical (unpaired) electrons. The normalized spacial score (nSPS) is 12.6. The van der Waals surface area contributed by atoms with E-state index in [9.17, 15) is 8.42 Å². The number of halogens is 1. The van der Waals surface area contributed by atoms with Gasteiger partial charge in [0.2, 0.25) is 0 Å². The molecular weight excluding hydrogens is 529 g/mol. The third-order valence-corrected chi connectivity index (χ3v) is 5.32. The second-order valence-electron chi connectivity index (χ2n) is 7.70. The van der Waals surface area contributed by atoms with Gasteiger partial charge >= 0.3 is 27.0 Å². The first-order chi connectivity index (χ1) is 15.2. The van der Waals surface area contributed by atoms with Crippen molar-refractivity contribution in [3.63, 3.8) is 0 Å². The van der Waals surface area contributed by atoms with Crippen LogP contribution >= 0.6 is 9.69 Å². The van der Waals surface area contributed by atoms with Gasteiger partial charge in [-0.3, -0.25) is 0 Å². The van der Waals surface area contributed by atoms with E-state index >= 15 is 0 Å². The van der Waals surface area contributed by atoms with E-state index in [1.807, 2.05) is 78.0 Å². The molecule has 7 heteroatoms. The van der Waals surface area contributed by atoms with E-state index in [-0.39, 0.29) is 0 Å². The number of benzene rings is 3. The van der Waals surface area contributed by atoms with Gasteiger partial charge in [0.1, 0.15) is 0 Å². The van der Waals surface area contributed by atoms with Crippen LogP contribution in [-0.2, 0) is 27.3 Å². The number of nitrogens with two attached hydrogens (primary N) is 1. The van der Waals surface area contributed by atoms with Crippen LogP contribution < -0.4 is 5.73 Å². The van der Waals surface area contributed by atoms with Crippen LogP contribution in [0.25, 0.3) is 4.72 Å². The molecule has 0 spiro atoms. The Kier molecular flexibility index (Phi) is 13.0. The Morgan fingerprint density at radius 3 is 1.62 bits per heavy atom. The Balaban J connectivity index is 0.000000358. The Hall–Kier alpha value is -1.56. The second-order valence-corrected chi connectivity index (χ2v) is 9.37. The van der Waals surface area contributed by atoms with Gasteiger partial charge in [0, 0.05) is 12.3 Å². The van der Waals surface area contributed by atoms with Crippen molar-refractivity contribution < 1.29 is 25.7 Å². The molecule has 32 heavy (non-hydrogen) atoms. The fourth-order valence-electron chi connectivity index (χ4n) is 3.00. The standard InChI is InChI=1S/C15H17N2O2S.C10H14.ClH.Ru/c1-20(18,19)17-15(13-10-6-3-7-11-13)14(16)12-8-4-2-5-9-12;1-8(2)10-6-4-9(3)5-7-10;;/h2-11,14-15H,16H2,1H3;4-8H,1-3H3;1H;/q-1;;;+2/p-1/t14-,15-;;;/m0.../s1. The van der Waals surface area contributed by atoms with Crippen LogP contribution in [0.5, 0.6) is 0 Å². The zero-order valence-corrected chi connectivity index (χ0v) is 22.1. The van der Waals surface area contributed by atoms with Crippen molar-refractivity contribution in [2.75, 3.05) is 6.26 Å². The number of aryl methyl sites for hydroxylation is 1. The predicted molar refractivity (Wildman–Crippen MR) is 132 cm³/mol. The Morgan fingerprint density at radius 2 is 1.22 bits per heavy atom. The number of hydrogen-bond donors (Lipinski definition) is 1. The van der Waals surface area contributed by atoms with Gasteiger partial charge in [0.25, 0.3) is 0 Å². The maximum absolute atomic E-state index is 11.5. The minimum atomic E-state index is -3.48. The summed E-state index contributed by atoms with van der Waals surface area (Å²) >= 11 is 1.82. The molecule has 0 aromatic heterocycles. The number of nitrogens with zero attached hydrogens (tertiary/aromatic N) is 1. The average Bonchev–Trinajstić information content (AvgIpc) is 2.80. The van der Waals surface area contributed by atoms with Crippen LogP contribution in [0.1, 0.15) is 54.1 Å². The zero-order chi connectivity index (χ0) is 24.1. The van der Waals surface area contributed by atoms with E-state index in [1.165, 1.54) is 11.1 Å². The molecule has 2 N–H and O–H groups in total. The van der Waals surface area contributed by atoms with E-state index < -0.39 is 22.1 Å². The van der Waals surface area contributed by atoms with Crippen LogP contribution in [0.4, 0.5) is 0 Å². The van der Waals surface area contributed by atoms with Crippen LogP contribution in [0.3, 0.4) is 0 Å². The fourth-order valence-corrected chi connectivity index (χ4v) is 3.66. The predicted octanol–water partition coefficient (Wildman–Crippen LogP) is 6.57. The van der Waals surface area contributed by atoms with Gasteiger partial charge in [-0.2, -0.15) is 0 Å². The minimum absolute atomic E-state index is 0.506. The summed E-state index contributed by atoms with van der Waals surface area (Å²) in [5.74, 6) is 0.653. The van der Waals surface area contributed by atoms with Crippen LogP contribution in [0.15, 0.2) is 84.9 Å². The fraction of sp³-hybridized carbons (Fsp3) is 0.280. The summed E-state index contributed by atoms with van der Waals surface area (Å²) in [6.07, 6.45) is 1.08. The molecule has 2 atom stereocenters. The molecule has 3 aromatic carbocycles. The van der Waals surface area contributed by atoms with E-state index in [1.54, 1.807) is 0 Å². The molecule has 0 unspecified atom stereocenters. The van der Waals surface area contributed by atoms with E-state index in [4.69, 9.17) is 5.73 Å². The van der Waals surface area contributed by atoms with Crippen molar-refractivity contribution in [1.29, 1.82) is 0 Å². The molecule has 0 bridgehead atoms. The van der Waals surface area contributed by atoms with Gasteiger partial charge < -0.3 is 10.5 Å². The monoisotopic (exact) mass is 560 g/mol. The molecule has 0 aliphatic rings. The molecule has 0 aliphatic carbocycles. The van der Waals surface area contributed by atoms with Crippen molar-refractivity contribution in [1.82, 2.24) is 0 Å². The summed E-state index contributed by atoms with van der Waals surface area (Å²) < 4.78 is 27.0. The summed E-state index contributed by atoms with van der Waals surface area (Å²) in [5, 5.41) is 0. The van der Waals surface area contributed by atoms with Crippen molar-refractivity contribution in [2.24, 2.45) is 5.73 Å². The number of rotatable bonds is 6. The second kappa shape index (κ2) is 14.6. The van der Waals surface area contributed by atoms with Crippen molar-refractivity contribution in [3.05, 3.63) is 112 Å². The van der Waals surface area contributed by atoms with Crippen LogP contribution in [-0.4, -0.2) is 14.7 Å². The molecule has 4 nitrogen and oxygen atoms in total. The SMILES string of the molecule is CS(=O)(=O)[N-][C@@H](c1ccccc1)[C@@H](N)c1ccccc1.Cc1ccc(C(C)C)cc1.[Cl][Ru+]. The summed E-state index contributed by atoms with van der Waals surface area (Å²) in [7, 11) is 1.09. The molecular formula is C25H31ClN2O2RuS. The summed E-state index contributed by atoms with van der Waals surface area (Å²) in [5.41, 5.74) is 10.6. The quantitative estimate of drug-likeness (QED) is 0.347. The molecule has 0 saturated carbocycles. The topological polar surface area (TPSA) is 74.3 Å². The Labute approximate surface area is 207 Å². The maximum atomic E-state index is 11.5. The summed E-state index contributed by atoms with van der Waals surface area (Å²) in [4.78, 5) is 0. The van der Waals surface area contributed by atoms with Crippen molar-refractivity contribution in [3.8, 4) is 0 Å². The van der Waals surface area contributed by atoms with E-state index in [0.29, 0.717) is 5.92 Å². The third kappa shape index (κ3) is 10.4. The van der Waals surface area contributed by atoms with Gasteiger partial charge in [-0.15, -0.1) is 0 Å². The molecule has 3 aromatic rings. The van der Waals surface area contributed by atoms with Crippen molar-refractivity contribution in [2.45, 2.75) is 38.8 Å². The molecule has 0 amide bonds. The molecule has 0 heterocycles. The zero-order valence-electron chi connectivity index (χ0n) is 18.8. The van der Waals surface area contributed by atoms with E-state index in [2.05, 4.69) is 59.4 Å². The first kappa shape index (κ1) is 28.5. The Morgan fingerprint density at radius 1 is 0.781 bits per heavy atom. The third-order valence-electron chi connectivity index (χ3n) is 4.71. The molecule has 3 rings (SSSR count). The van der Waals surface area contributed by atoms with Crippen molar-refractivity contribution >= 4 is 19.7 Å². The number of sulfonamides is 1. The average molecular weight is 560 g/mol. The van der Waals surface area contributed by atoms with Gasteiger partial charge in [0.05, 0.1) is 10.0 Å². The van der Waals surface area contributed by atoms with Gasteiger partial charge in [0.15, 0.2) is 0 Å². The van der Waals surface area contributed by atoms with E-state index in [0.717, 1.165) is 17.4 Å². The first-order valence-electron chi connectivity index (χ1n) is 10.1. The summed E-state index contributed by atoms with van der Waals surface area (Å²) in [6.45, 7) is 6.54. The summed E-state index contributed by atoms with van der Waals surface area (Å²) in [6, 6.07) is 26.2. The van der Waals surface area contributed by atoms with Crippen LogP contribution in [0.2, 0.25) is 0 Å². The Bertz CT molecular complexity index is 999. The molecule has 0 aliphatic heterocycles. The molecule has 174 valence electrons. The van der Waals surface area contributed by atoms with Crippen LogP contribution in [0, 0.1) is 6.92 Å². The van der Waals surface area contributed by atoms with Gasteiger partial charge in [-0.1, -0.05) is 116 Å². The number of hydrogen-bond acceptors (Lipinski definition) is 3.